The molecule has 1 saturated heterocycles. The second-order valence-corrected chi connectivity index (χ2v) is 10.1. The van der Waals surface area contributed by atoms with Crippen LogP contribution in [0.25, 0.3) is 16.0 Å². The van der Waals surface area contributed by atoms with Crippen molar-refractivity contribution in [3.8, 4) is 17.2 Å². The van der Waals surface area contributed by atoms with Crippen LogP contribution in [0.5, 0.6) is 17.2 Å². The second kappa shape index (κ2) is 9.66. The maximum absolute atomic E-state index is 13.5. The molecule has 1 N–H and O–H groups in total. The lowest BCUT2D eigenvalue weighted by Gasteiger charge is -2.23. The number of amides is 1. The number of halogens is 1. The quantitative estimate of drug-likeness (QED) is 0.193. The molecule has 1 atom stereocenters. The number of fused-ring (bicyclic) bond motifs is 2. The van der Waals surface area contributed by atoms with E-state index in [0.29, 0.717) is 63.9 Å². The Morgan fingerprint density at radius 3 is 2.71 bits per heavy atom. The molecule has 6 rings (SSSR count). The second-order valence-electron chi connectivity index (χ2n) is 8.64. The van der Waals surface area contributed by atoms with E-state index in [2.05, 4.69) is 4.98 Å². The Labute approximate surface area is 226 Å². The number of carbonyl (C=O) groups excluding carboxylic acids is 2. The predicted molar refractivity (Wildman–Crippen MR) is 144 cm³/mol. The largest absolute Gasteiger partial charge is 0.507 e. The summed E-state index contributed by atoms with van der Waals surface area (Å²) >= 11 is 7.56. The monoisotopic (exact) mass is 548 g/mol. The number of ether oxygens (including phenoxy) is 3. The van der Waals surface area contributed by atoms with Gasteiger partial charge in [0, 0.05) is 10.6 Å². The van der Waals surface area contributed by atoms with E-state index in [0.717, 1.165) is 4.70 Å². The van der Waals surface area contributed by atoms with Crippen molar-refractivity contribution in [3.63, 3.8) is 0 Å². The fourth-order valence-corrected chi connectivity index (χ4v) is 5.84. The van der Waals surface area contributed by atoms with E-state index in [9.17, 15) is 14.7 Å². The molecule has 2 aliphatic heterocycles. The van der Waals surface area contributed by atoms with Crippen LogP contribution in [0, 0.1) is 0 Å². The molecule has 0 radical (unpaired) electrons. The molecule has 4 aromatic rings. The van der Waals surface area contributed by atoms with E-state index < -0.39 is 17.7 Å². The molecular formula is C28H21ClN2O6S. The van der Waals surface area contributed by atoms with E-state index in [-0.39, 0.29) is 11.3 Å². The van der Waals surface area contributed by atoms with Gasteiger partial charge < -0.3 is 19.3 Å². The number of carbonyl (C=O) groups is 2. The number of anilines is 1. The molecule has 8 nitrogen and oxygen atoms in total. The third kappa shape index (κ3) is 4.13. The van der Waals surface area contributed by atoms with Gasteiger partial charge in [0.05, 0.1) is 28.4 Å². The van der Waals surface area contributed by atoms with Crippen LogP contribution in [0.1, 0.15) is 24.1 Å². The molecule has 192 valence electrons. The Hall–Kier alpha value is -4.08. The van der Waals surface area contributed by atoms with Crippen LogP contribution in [0.4, 0.5) is 5.13 Å². The van der Waals surface area contributed by atoms with Gasteiger partial charge in [0.1, 0.15) is 24.7 Å². The lowest BCUT2D eigenvalue weighted by atomic mass is 9.95. The number of Topliss-reactive ketones (excluding diaryl/α,β-unsaturated/α-hetero) is 1. The van der Waals surface area contributed by atoms with Gasteiger partial charge in [0.15, 0.2) is 16.6 Å². The highest BCUT2D eigenvalue weighted by Gasteiger charge is 2.48. The number of thiazole rings is 1. The molecule has 1 aromatic heterocycles. The molecule has 1 amide bonds. The first-order valence-corrected chi connectivity index (χ1v) is 13.1. The summed E-state index contributed by atoms with van der Waals surface area (Å²) in [7, 11) is 0. The summed E-state index contributed by atoms with van der Waals surface area (Å²) in [5.74, 6) is -0.268. The molecule has 3 aromatic carbocycles. The van der Waals surface area contributed by atoms with Crippen molar-refractivity contribution < 1.29 is 28.9 Å². The van der Waals surface area contributed by atoms with Crippen LogP contribution in [-0.2, 0) is 9.59 Å². The summed E-state index contributed by atoms with van der Waals surface area (Å²) < 4.78 is 17.6. The Bertz CT molecular complexity index is 1630. The topological polar surface area (TPSA) is 98.2 Å². The zero-order chi connectivity index (χ0) is 26.4. The van der Waals surface area contributed by atoms with Crippen molar-refractivity contribution in [2.45, 2.75) is 13.0 Å². The number of aliphatic hydroxyl groups excluding tert-OH is 1. The average Bonchev–Trinajstić information content (AvgIpc) is 3.46. The average molecular weight is 549 g/mol. The van der Waals surface area contributed by atoms with Gasteiger partial charge in [0.25, 0.3) is 5.78 Å². The van der Waals surface area contributed by atoms with Gasteiger partial charge in [-0.05, 0) is 61.0 Å². The molecule has 0 saturated carbocycles. The van der Waals surface area contributed by atoms with Crippen molar-refractivity contribution in [3.05, 3.63) is 82.4 Å². The molecule has 0 bridgehead atoms. The fourth-order valence-electron chi connectivity index (χ4n) is 4.62. The predicted octanol–water partition coefficient (Wildman–Crippen LogP) is 5.75. The minimum Gasteiger partial charge on any atom is -0.507 e. The smallest absolute Gasteiger partial charge is 0.301 e. The highest BCUT2D eigenvalue weighted by molar-refractivity contribution is 7.22. The first-order valence-electron chi connectivity index (χ1n) is 11.9. The van der Waals surface area contributed by atoms with E-state index in [1.54, 1.807) is 54.6 Å². The van der Waals surface area contributed by atoms with Gasteiger partial charge in [-0.2, -0.15) is 0 Å². The summed E-state index contributed by atoms with van der Waals surface area (Å²) in [6, 6.07) is 16.2. The van der Waals surface area contributed by atoms with E-state index in [1.165, 1.54) is 16.2 Å². The summed E-state index contributed by atoms with van der Waals surface area (Å²) in [6.07, 6.45) is 0. The van der Waals surface area contributed by atoms with Gasteiger partial charge in [-0.15, -0.1) is 0 Å². The van der Waals surface area contributed by atoms with Crippen LogP contribution in [0.3, 0.4) is 0 Å². The van der Waals surface area contributed by atoms with Crippen LogP contribution >= 0.6 is 22.9 Å². The third-order valence-corrected chi connectivity index (χ3v) is 7.54. The number of hydrogen-bond donors (Lipinski definition) is 1. The fraction of sp³-hybridized carbons (Fsp3) is 0.179. The normalized spacial score (nSPS) is 18.3. The first-order chi connectivity index (χ1) is 18.4. The summed E-state index contributed by atoms with van der Waals surface area (Å²) in [5.41, 5.74) is 1.48. The van der Waals surface area contributed by atoms with E-state index in [4.69, 9.17) is 25.8 Å². The molecule has 10 heteroatoms. The maximum atomic E-state index is 13.5. The highest BCUT2D eigenvalue weighted by atomic mass is 35.5. The lowest BCUT2D eigenvalue weighted by Crippen LogP contribution is -2.29. The first kappa shape index (κ1) is 24.3. The molecule has 2 aliphatic rings. The van der Waals surface area contributed by atoms with E-state index >= 15 is 0 Å². The molecule has 0 spiro atoms. The van der Waals surface area contributed by atoms with E-state index in [1.807, 2.05) is 13.0 Å². The van der Waals surface area contributed by atoms with Crippen LogP contribution < -0.4 is 19.1 Å². The zero-order valence-corrected chi connectivity index (χ0v) is 21.7. The Morgan fingerprint density at radius 2 is 1.92 bits per heavy atom. The van der Waals surface area contributed by atoms with Crippen molar-refractivity contribution in [1.82, 2.24) is 4.98 Å². The third-order valence-electron chi connectivity index (χ3n) is 6.29. The minimum absolute atomic E-state index is 0.0665. The molecule has 0 aliphatic carbocycles. The Kier molecular flexibility index (Phi) is 6.17. The summed E-state index contributed by atoms with van der Waals surface area (Å²) in [5, 5.41) is 12.2. The van der Waals surface area contributed by atoms with Crippen molar-refractivity contribution in [2.24, 2.45) is 0 Å². The number of nitrogens with zero attached hydrogens (tertiary/aromatic N) is 2. The van der Waals surface area contributed by atoms with Gasteiger partial charge in [-0.1, -0.05) is 35.1 Å². The Balaban J connectivity index is 1.51. The SMILES string of the molecule is CCOc1ccc2nc(N3C(=O)C(=O)/C(=C(/O)c4ccc5c(c4)OCCO5)[C@H]3c3cccc(Cl)c3)sc2c1. The van der Waals surface area contributed by atoms with Crippen molar-refractivity contribution in [1.29, 1.82) is 0 Å². The summed E-state index contributed by atoms with van der Waals surface area (Å²) in [6.45, 7) is 3.20. The van der Waals surface area contributed by atoms with Crippen LogP contribution in [0.2, 0.25) is 5.02 Å². The van der Waals surface area contributed by atoms with Gasteiger partial charge in [-0.25, -0.2) is 4.98 Å². The van der Waals surface area contributed by atoms with Gasteiger partial charge in [-0.3, -0.25) is 14.5 Å². The number of aliphatic hydroxyl groups is 1. The molecular weight excluding hydrogens is 528 g/mol. The standard InChI is InChI=1S/C28H21ClN2O6S/c1-2-35-18-7-8-19-22(14-18)38-28(30-19)31-24(15-4-3-5-17(29)12-15)23(26(33)27(31)34)25(32)16-6-9-20-21(13-16)37-11-10-36-20/h3-9,12-14,24,32H,2,10-11H2,1H3/b25-23+/t24-/m1/s1. The molecule has 3 heterocycles. The van der Waals surface area contributed by atoms with Gasteiger partial charge in [0.2, 0.25) is 0 Å². The van der Waals surface area contributed by atoms with Gasteiger partial charge >= 0.3 is 5.91 Å². The van der Waals surface area contributed by atoms with Crippen LogP contribution in [-0.4, -0.2) is 41.6 Å². The lowest BCUT2D eigenvalue weighted by molar-refractivity contribution is -0.132. The molecule has 0 unspecified atom stereocenters. The maximum Gasteiger partial charge on any atom is 0.301 e. The molecule has 1 fully saturated rings. The summed E-state index contributed by atoms with van der Waals surface area (Å²) in [4.78, 5) is 32.9. The number of ketones is 1. The van der Waals surface area contributed by atoms with Crippen molar-refractivity contribution >= 4 is 55.7 Å². The minimum atomic E-state index is -0.950. The highest BCUT2D eigenvalue weighted by Crippen LogP contribution is 2.45. The number of rotatable bonds is 5. The Morgan fingerprint density at radius 1 is 1.11 bits per heavy atom. The zero-order valence-electron chi connectivity index (χ0n) is 20.1. The van der Waals surface area contributed by atoms with Crippen LogP contribution in [0.15, 0.2) is 66.2 Å². The number of aromatic nitrogens is 1. The molecule has 38 heavy (non-hydrogen) atoms. The number of hydrogen-bond acceptors (Lipinski definition) is 8. The van der Waals surface area contributed by atoms with Crippen molar-refractivity contribution in [2.75, 3.05) is 24.7 Å². The number of benzene rings is 3.